The summed E-state index contributed by atoms with van der Waals surface area (Å²) >= 11 is 0. The highest BCUT2D eigenvalue weighted by molar-refractivity contribution is 5.34. The molecule has 0 spiro atoms. The fourth-order valence-corrected chi connectivity index (χ4v) is 2.81. The van der Waals surface area contributed by atoms with Gasteiger partial charge < -0.3 is 4.52 Å². The van der Waals surface area contributed by atoms with Gasteiger partial charge in [0.15, 0.2) is 5.82 Å². The fourth-order valence-electron chi connectivity index (χ4n) is 2.81. The van der Waals surface area contributed by atoms with Gasteiger partial charge in [-0.1, -0.05) is 36.3 Å². The van der Waals surface area contributed by atoms with E-state index in [1.807, 2.05) is 6.92 Å². The molecule has 1 aliphatic rings. The summed E-state index contributed by atoms with van der Waals surface area (Å²) < 4.78 is 5.27. The molecule has 4 nitrogen and oxygen atoms in total. The van der Waals surface area contributed by atoms with Crippen molar-refractivity contribution in [2.45, 2.75) is 38.8 Å². The Kier molecular flexibility index (Phi) is 3.34. The van der Waals surface area contributed by atoms with Crippen molar-refractivity contribution in [3.8, 4) is 0 Å². The topological polar surface area (TPSA) is 42.2 Å². The largest absolute Gasteiger partial charge is 0.338 e. The van der Waals surface area contributed by atoms with Crippen LogP contribution in [0, 0.1) is 0 Å². The standard InChI is InChI=1S/C15H19N3O/c1-3-14-16-15(19-17-14)10-18(2)13-9-8-11-6-4-5-7-12(11)13/h4-7,13H,3,8-10H2,1-2H3. The maximum absolute atomic E-state index is 5.27. The lowest BCUT2D eigenvalue weighted by Crippen LogP contribution is -2.22. The lowest BCUT2D eigenvalue weighted by atomic mass is 10.1. The summed E-state index contributed by atoms with van der Waals surface area (Å²) in [6, 6.07) is 9.16. The van der Waals surface area contributed by atoms with E-state index in [1.165, 1.54) is 17.5 Å². The zero-order chi connectivity index (χ0) is 13.2. The van der Waals surface area contributed by atoms with Gasteiger partial charge in [-0.05, 0) is 31.0 Å². The molecular weight excluding hydrogens is 238 g/mol. The van der Waals surface area contributed by atoms with Crippen molar-refractivity contribution < 1.29 is 4.52 Å². The van der Waals surface area contributed by atoms with Crippen LogP contribution in [-0.4, -0.2) is 22.1 Å². The van der Waals surface area contributed by atoms with Crippen LogP contribution < -0.4 is 0 Å². The molecule has 2 aromatic rings. The van der Waals surface area contributed by atoms with Gasteiger partial charge in [-0.25, -0.2) is 0 Å². The zero-order valence-corrected chi connectivity index (χ0v) is 11.5. The van der Waals surface area contributed by atoms with E-state index in [4.69, 9.17) is 4.52 Å². The van der Waals surface area contributed by atoms with Crippen molar-refractivity contribution in [2.24, 2.45) is 0 Å². The Morgan fingerprint density at radius 1 is 1.37 bits per heavy atom. The molecule has 1 unspecified atom stereocenters. The van der Waals surface area contributed by atoms with Gasteiger partial charge in [0.25, 0.3) is 0 Å². The van der Waals surface area contributed by atoms with Gasteiger partial charge in [0.1, 0.15) is 0 Å². The maximum Gasteiger partial charge on any atom is 0.240 e. The third-order valence-corrected chi connectivity index (χ3v) is 3.84. The van der Waals surface area contributed by atoms with E-state index >= 15 is 0 Å². The molecule has 1 aromatic carbocycles. The molecule has 3 rings (SSSR count). The molecule has 100 valence electrons. The highest BCUT2D eigenvalue weighted by Crippen LogP contribution is 2.35. The van der Waals surface area contributed by atoms with E-state index in [0.717, 1.165) is 18.7 Å². The summed E-state index contributed by atoms with van der Waals surface area (Å²) in [4.78, 5) is 6.68. The average molecular weight is 257 g/mol. The summed E-state index contributed by atoms with van der Waals surface area (Å²) in [5.74, 6) is 1.50. The van der Waals surface area contributed by atoms with Crippen molar-refractivity contribution in [1.82, 2.24) is 15.0 Å². The number of fused-ring (bicyclic) bond motifs is 1. The summed E-state index contributed by atoms with van der Waals surface area (Å²) in [5.41, 5.74) is 2.92. The van der Waals surface area contributed by atoms with E-state index in [2.05, 4.69) is 46.4 Å². The first-order chi connectivity index (χ1) is 9.28. The number of aryl methyl sites for hydroxylation is 2. The van der Waals surface area contributed by atoms with E-state index in [0.29, 0.717) is 18.5 Å². The number of nitrogens with zero attached hydrogens (tertiary/aromatic N) is 3. The highest BCUT2D eigenvalue weighted by atomic mass is 16.5. The molecule has 0 saturated carbocycles. The van der Waals surface area contributed by atoms with Crippen LogP contribution in [0.4, 0.5) is 0 Å². The Hall–Kier alpha value is -1.68. The molecule has 0 bridgehead atoms. The lowest BCUT2D eigenvalue weighted by Gasteiger charge is -2.23. The molecule has 0 radical (unpaired) electrons. The molecular formula is C15H19N3O. The molecule has 0 N–H and O–H groups in total. The van der Waals surface area contributed by atoms with Gasteiger partial charge in [-0.3, -0.25) is 4.90 Å². The second kappa shape index (κ2) is 5.13. The van der Waals surface area contributed by atoms with Gasteiger partial charge in [-0.2, -0.15) is 4.98 Å². The predicted molar refractivity (Wildman–Crippen MR) is 72.6 cm³/mol. The Labute approximate surface area is 113 Å². The van der Waals surface area contributed by atoms with Gasteiger partial charge >= 0.3 is 0 Å². The first-order valence-electron chi connectivity index (χ1n) is 6.87. The van der Waals surface area contributed by atoms with Crippen LogP contribution in [0.3, 0.4) is 0 Å². The maximum atomic E-state index is 5.27. The summed E-state index contributed by atoms with van der Waals surface area (Å²) in [5, 5.41) is 3.95. The summed E-state index contributed by atoms with van der Waals surface area (Å²) in [7, 11) is 2.13. The van der Waals surface area contributed by atoms with Crippen LogP contribution in [0.1, 0.15) is 42.2 Å². The molecule has 0 fully saturated rings. The van der Waals surface area contributed by atoms with Gasteiger partial charge in [-0.15, -0.1) is 0 Å². The van der Waals surface area contributed by atoms with Crippen molar-refractivity contribution in [2.75, 3.05) is 7.05 Å². The van der Waals surface area contributed by atoms with Crippen LogP contribution in [0.5, 0.6) is 0 Å². The minimum absolute atomic E-state index is 0.466. The van der Waals surface area contributed by atoms with Crippen molar-refractivity contribution >= 4 is 0 Å². The fraction of sp³-hybridized carbons (Fsp3) is 0.467. The van der Waals surface area contributed by atoms with Crippen molar-refractivity contribution in [3.05, 3.63) is 47.1 Å². The van der Waals surface area contributed by atoms with E-state index in [1.54, 1.807) is 0 Å². The first kappa shape index (κ1) is 12.4. The predicted octanol–water partition coefficient (Wildman–Crippen LogP) is 2.75. The van der Waals surface area contributed by atoms with Crippen LogP contribution in [0.2, 0.25) is 0 Å². The minimum atomic E-state index is 0.466. The molecule has 0 aliphatic heterocycles. The van der Waals surface area contributed by atoms with Crippen LogP contribution in [-0.2, 0) is 19.4 Å². The Bertz CT molecular complexity index is 564. The quantitative estimate of drug-likeness (QED) is 0.844. The second-order valence-electron chi connectivity index (χ2n) is 5.13. The lowest BCUT2D eigenvalue weighted by molar-refractivity contribution is 0.204. The molecule has 19 heavy (non-hydrogen) atoms. The minimum Gasteiger partial charge on any atom is -0.338 e. The number of aromatic nitrogens is 2. The first-order valence-corrected chi connectivity index (χ1v) is 6.87. The normalized spacial score (nSPS) is 17.9. The van der Waals surface area contributed by atoms with Crippen LogP contribution >= 0.6 is 0 Å². The Morgan fingerprint density at radius 2 is 2.21 bits per heavy atom. The number of hydrogen-bond acceptors (Lipinski definition) is 4. The molecule has 4 heteroatoms. The van der Waals surface area contributed by atoms with E-state index in [9.17, 15) is 0 Å². The van der Waals surface area contributed by atoms with Gasteiger partial charge in [0.2, 0.25) is 5.89 Å². The van der Waals surface area contributed by atoms with Gasteiger partial charge in [0.05, 0.1) is 6.54 Å². The third kappa shape index (κ3) is 2.40. The average Bonchev–Trinajstić information content (AvgIpc) is 3.04. The number of rotatable bonds is 4. The monoisotopic (exact) mass is 257 g/mol. The highest BCUT2D eigenvalue weighted by Gasteiger charge is 2.26. The third-order valence-electron chi connectivity index (χ3n) is 3.84. The molecule has 0 saturated heterocycles. The van der Waals surface area contributed by atoms with Crippen molar-refractivity contribution in [3.63, 3.8) is 0 Å². The number of benzene rings is 1. The SMILES string of the molecule is CCc1noc(CN(C)C2CCc3ccccc32)n1. The molecule has 1 heterocycles. The molecule has 1 aromatic heterocycles. The Balaban J connectivity index is 1.73. The Morgan fingerprint density at radius 3 is 3.00 bits per heavy atom. The smallest absolute Gasteiger partial charge is 0.240 e. The van der Waals surface area contributed by atoms with Crippen LogP contribution in [0.25, 0.3) is 0 Å². The second-order valence-corrected chi connectivity index (χ2v) is 5.13. The zero-order valence-electron chi connectivity index (χ0n) is 11.5. The molecule has 1 aliphatic carbocycles. The summed E-state index contributed by atoms with van der Waals surface area (Å²) in [6.07, 6.45) is 3.15. The van der Waals surface area contributed by atoms with E-state index in [-0.39, 0.29) is 0 Å². The summed E-state index contributed by atoms with van der Waals surface area (Å²) in [6.45, 7) is 2.75. The van der Waals surface area contributed by atoms with E-state index < -0.39 is 0 Å². The molecule has 0 amide bonds. The number of hydrogen-bond donors (Lipinski definition) is 0. The van der Waals surface area contributed by atoms with Crippen LogP contribution in [0.15, 0.2) is 28.8 Å². The molecule has 1 atom stereocenters. The van der Waals surface area contributed by atoms with Crippen molar-refractivity contribution in [1.29, 1.82) is 0 Å². The van der Waals surface area contributed by atoms with Gasteiger partial charge in [0, 0.05) is 12.5 Å².